The zero-order chi connectivity index (χ0) is 31.1. The van der Waals surface area contributed by atoms with Crippen molar-refractivity contribution in [3.8, 4) is 0 Å². The molecular formula is C39H35N3O3. The van der Waals surface area contributed by atoms with Crippen LogP contribution >= 0.6 is 0 Å². The van der Waals surface area contributed by atoms with Gasteiger partial charge in [-0.05, 0) is 66.6 Å². The third-order valence-corrected chi connectivity index (χ3v) is 9.29. The molecule has 0 saturated heterocycles. The number of Topliss-reactive ketones (excluding diaryl/α,β-unsaturated/α-hetero) is 1. The summed E-state index contributed by atoms with van der Waals surface area (Å²) in [6.45, 7) is 5.45. The van der Waals surface area contributed by atoms with E-state index >= 15 is 0 Å². The van der Waals surface area contributed by atoms with Gasteiger partial charge in [0.15, 0.2) is 11.9 Å². The van der Waals surface area contributed by atoms with Gasteiger partial charge in [0, 0.05) is 24.8 Å². The van der Waals surface area contributed by atoms with Crippen molar-refractivity contribution < 1.29 is 14.3 Å². The van der Waals surface area contributed by atoms with Crippen molar-refractivity contribution in [2.45, 2.75) is 45.3 Å². The Morgan fingerprint density at radius 1 is 0.844 bits per heavy atom. The van der Waals surface area contributed by atoms with Crippen LogP contribution in [0.4, 0.5) is 0 Å². The van der Waals surface area contributed by atoms with E-state index in [0.29, 0.717) is 17.8 Å². The Kier molecular flexibility index (Phi) is 7.20. The number of esters is 1. The molecule has 2 unspecified atom stereocenters. The molecule has 0 amide bonds. The molecule has 45 heavy (non-hydrogen) atoms. The Labute approximate surface area is 262 Å². The number of hydrogen-bond donors (Lipinski definition) is 0. The van der Waals surface area contributed by atoms with Crippen LogP contribution in [0.5, 0.6) is 0 Å². The Bertz CT molecular complexity index is 1910. The number of pyridine rings is 1. The molecule has 6 aromatic rings. The Morgan fingerprint density at radius 3 is 1.96 bits per heavy atom. The number of imidazole rings is 1. The summed E-state index contributed by atoms with van der Waals surface area (Å²) >= 11 is 0. The first kappa shape index (κ1) is 28.5. The summed E-state index contributed by atoms with van der Waals surface area (Å²) in [6, 6.07) is 37.1. The first-order valence-corrected chi connectivity index (χ1v) is 15.4. The zero-order valence-electron chi connectivity index (χ0n) is 25.7. The molecule has 0 N–H and O–H groups in total. The van der Waals surface area contributed by atoms with E-state index in [-0.39, 0.29) is 5.78 Å². The molecule has 0 aliphatic heterocycles. The number of aromatic nitrogens is 3. The number of carbonyl (C=O) groups excluding carboxylic acids is 2. The third kappa shape index (κ3) is 4.60. The average Bonchev–Trinajstić information content (AvgIpc) is 3.60. The van der Waals surface area contributed by atoms with Crippen molar-refractivity contribution in [1.82, 2.24) is 14.0 Å². The Morgan fingerprint density at radius 2 is 1.40 bits per heavy atom. The predicted octanol–water partition coefficient (Wildman–Crippen LogP) is 7.64. The van der Waals surface area contributed by atoms with Gasteiger partial charge in [-0.15, -0.1) is 0 Å². The van der Waals surface area contributed by atoms with Crippen molar-refractivity contribution in [3.63, 3.8) is 0 Å². The van der Waals surface area contributed by atoms with Gasteiger partial charge in [0.25, 0.3) is 0 Å². The molecule has 0 saturated carbocycles. The van der Waals surface area contributed by atoms with Crippen molar-refractivity contribution in [1.29, 1.82) is 0 Å². The maximum Gasteiger partial charge on any atom is 0.303 e. The van der Waals surface area contributed by atoms with E-state index in [1.54, 1.807) is 0 Å². The van der Waals surface area contributed by atoms with Crippen LogP contribution in [0.3, 0.4) is 0 Å². The van der Waals surface area contributed by atoms with Gasteiger partial charge >= 0.3 is 5.97 Å². The van der Waals surface area contributed by atoms with Gasteiger partial charge in [0.1, 0.15) is 17.1 Å². The molecule has 0 fully saturated rings. The molecule has 1 aliphatic carbocycles. The fourth-order valence-corrected chi connectivity index (χ4v) is 7.34. The molecule has 7 rings (SSSR count). The standard InChI is InChI=1S/C39H35N3O3/c1-26-32-22-23-33(37(44)36(32)41-24-14-13-21-35(26)41)38(45-28(3)43)34-25-42(27(2)40-34)39(29-15-7-4-8-16-29,30-17-9-5-10-18-30)31-19-11-6-12-20-31/h4-21,24-25,33,38H,22-23H2,1-3H3. The quantitative estimate of drug-likeness (QED) is 0.141. The smallest absolute Gasteiger partial charge is 0.303 e. The zero-order valence-corrected chi connectivity index (χ0v) is 25.7. The second kappa shape index (κ2) is 11.4. The number of benzene rings is 3. The SMILES string of the molecule is CC(=O)OC(c1cn(C(c2ccccc2)(c2ccccc2)c2ccccc2)c(C)n1)C1CCc2c(C)c3ccccn3c2C1=O. The van der Waals surface area contributed by atoms with Gasteiger partial charge < -0.3 is 13.7 Å². The third-order valence-electron chi connectivity index (χ3n) is 9.29. The van der Waals surface area contributed by atoms with Gasteiger partial charge in [-0.3, -0.25) is 9.59 Å². The van der Waals surface area contributed by atoms with Crippen LogP contribution < -0.4 is 0 Å². The molecule has 224 valence electrons. The summed E-state index contributed by atoms with van der Waals surface area (Å²) in [5.41, 5.74) is 6.87. The number of hydrogen-bond acceptors (Lipinski definition) is 4. The van der Waals surface area contributed by atoms with E-state index in [2.05, 4.69) is 47.9 Å². The monoisotopic (exact) mass is 593 g/mol. The second-order valence-electron chi connectivity index (χ2n) is 11.8. The molecule has 0 radical (unpaired) electrons. The lowest BCUT2D eigenvalue weighted by molar-refractivity contribution is -0.149. The van der Waals surface area contributed by atoms with Crippen LogP contribution in [-0.2, 0) is 21.5 Å². The lowest BCUT2D eigenvalue weighted by Crippen LogP contribution is -2.38. The molecule has 3 heterocycles. The van der Waals surface area contributed by atoms with E-state index in [9.17, 15) is 9.59 Å². The van der Waals surface area contributed by atoms with Crippen molar-refractivity contribution in [2.75, 3.05) is 0 Å². The normalized spacial score (nSPS) is 15.5. The van der Waals surface area contributed by atoms with Crippen LogP contribution in [0.2, 0.25) is 0 Å². The van der Waals surface area contributed by atoms with Crippen LogP contribution in [0.25, 0.3) is 5.52 Å². The van der Waals surface area contributed by atoms with Crippen LogP contribution in [0, 0.1) is 19.8 Å². The van der Waals surface area contributed by atoms with E-state index in [0.717, 1.165) is 45.6 Å². The summed E-state index contributed by atoms with van der Waals surface area (Å²) in [6.07, 6.45) is 4.38. The van der Waals surface area contributed by atoms with Crippen molar-refractivity contribution in [3.05, 3.63) is 167 Å². The van der Waals surface area contributed by atoms with Crippen molar-refractivity contribution >= 4 is 17.3 Å². The highest BCUT2D eigenvalue weighted by Gasteiger charge is 2.43. The van der Waals surface area contributed by atoms with Crippen LogP contribution in [-0.4, -0.2) is 25.7 Å². The molecule has 6 nitrogen and oxygen atoms in total. The number of fused-ring (bicyclic) bond motifs is 3. The summed E-state index contributed by atoms with van der Waals surface area (Å²) in [5, 5.41) is 0. The molecular weight excluding hydrogens is 558 g/mol. The maximum absolute atomic E-state index is 14.3. The fraction of sp³-hybridized carbons (Fsp3) is 0.205. The minimum atomic E-state index is -0.835. The summed E-state index contributed by atoms with van der Waals surface area (Å²) in [5.74, 6) is -0.292. The number of carbonyl (C=O) groups is 2. The second-order valence-corrected chi connectivity index (χ2v) is 11.8. The van der Waals surface area contributed by atoms with E-state index in [4.69, 9.17) is 9.72 Å². The highest BCUT2D eigenvalue weighted by Crippen LogP contribution is 2.44. The van der Waals surface area contributed by atoms with Gasteiger partial charge in [0.2, 0.25) is 0 Å². The van der Waals surface area contributed by atoms with Crippen molar-refractivity contribution in [2.24, 2.45) is 5.92 Å². The average molecular weight is 594 g/mol. The molecule has 2 atom stereocenters. The topological polar surface area (TPSA) is 65.6 Å². The molecule has 6 heteroatoms. The number of aryl methyl sites for hydroxylation is 2. The lowest BCUT2D eigenvalue weighted by atomic mass is 9.76. The Balaban J connectivity index is 1.42. The van der Waals surface area contributed by atoms with Gasteiger partial charge in [0.05, 0.1) is 11.6 Å². The fourth-order valence-electron chi connectivity index (χ4n) is 7.34. The number of ketones is 1. The maximum atomic E-state index is 14.3. The van der Waals surface area contributed by atoms with Gasteiger partial charge in [-0.2, -0.15) is 0 Å². The highest BCUT2D eigenvalue weighted by molar-refractivity contribution is 6.01. The van der Waals surface area contributed by atoms with Crippen LogP contribution in [0.1, 0.15) is 69.3 Å². The number of ether oxygens (including phenoxy) is 1. The summed E-state index contributed by atoms with van der Waals surface area (Å²) in [4.78, 5) is 32.0. The predicted molar refractivity (Wildman–Crippen MR) is 174 cm³/mol. The Hall–Kier alpha value is -5.23. The van der Waals surface area contributed by atoms with E-state index in [1.807, 2.05) is 96.5 Å². The van der Waals surface area contributed by atoms with Crippen LogP contribution in [0.15, 0.2) is 122 Å². The molecule has 0 bridgehead atoms. The summed E-state index contributed by atoms with van der Waals surface area (Å²) in [7, 11) is 0. The molecule has 0 spiro atoms. The molecule has 3 aromatic carbocycles. The van der Waals surface area contributed by atoms with E-state index in [1.165, 1.54) is 6.92 Å². The lowest BCUT2D eigenvalue weighted by Gasteiger charge is -2.38. The first-order valence-electron chi connectivity index (χ1n) is 15.4. The minimum absolute atomic E-state index is 0.0237. The molecule has 3 aromatic heterocycles. The number of nitrogens with zero attached hydrogens (tertiary/aromatic N) is 3. The largest absolute Gasteiger partial charge is 0.455 e. The summed E-state index contributed by atoms with van der Waals surface area (Å²) < 4.78 is 10.2. The minimum Gasteiger partial charge on any atom is -0.455 e. The van der Waals surface area contributed by atoms with E-state index < -0.39 is 23.5 Å². The molecule has 1 aliphatic rings. The number of rotatable bonds is 7. The van der Waals surface area contributed by atoms with Gasteiger partial charge in [-0.25, -0.2) is 4.98 Å². The van der Waals surface area contributed by atoms with Gasteiger partial charge in [-0.1, -0.05) is 97.1 Å². The highest BCUT2D eigenvalue weighted by atomic mass is 16.5. The first-order chi connectivity index (χ1) is 21.9.